The largest absolute Gasteiger partial charge is 0.397 e. The summed E-state index contributed by atoms with van der Waals surface area (Å²) in [5.74, 6) is 0.473. The first kappa shape index (κ1) is 13.6. The number of aromatic nitrogens is 1. The van der Waals surface area contributed by atoms with Crippen molar-refractivity contribution < 1.29 is 4.79 Å². The van der Waals surface area contributed by atoms with E-state index in [0.29, 0.717) is 23.1 Å². The average Bonchev–Trinajstić information content (AvgIpc) is 2.27. The summed E-state index contributed by atoms with van der Waals surface area (Å²) in [5, 5.41) is 3.09. The molecule has 1 unspecified atom stereocenters. The van der Waals surface area contributed by atoms with Crippen LogP contribution < -0.4 is 16.0 Å². The Morgan fingerprint density at radius 2 is 2.35 bits per heavy atom. The molecule has 94 valence electrons. The van der Waals surface area contributed by atoms with Crippen LogP contribution in [0.5, 0.6) is 0 Å². The summed E-state index contributed by atoms with van der Waals surface area (Å²) >= 11 is 6.04. The number of nitrogens with zero attached hydrogens (tertiary/aromatic N) is 2. The minimum atomic E-state index is -0.139. The first-order valence-corrected chi connectivity index (χ1v) is 5.67. The van der Waals surface area contributed by atoms with Crippen molar-refractivity contribution in [1.82, 2.24) is 10.3 Å². The van der Waals surface area contributed by atoms with E-state index < -0.39 is 0 Å². The van der Waals surface area contributed by atoms with Gasteiger partial charge >= 0.3 is 0 Å². The maximum Gasteiger partial charge on any atom is 0.224 e. The molecule has 0 saturated heterocycles. The molecule has 0 aromatic carbocycles. The molecule has 17 heavy (non-hydrogen) atoms. The molecule has 1 aromatic rings. The fourth-order valence-electron chi connectivity index (χ4n) is 1.55. The Kier molecular flexibility index (Phi) is 4.57. The minimum Gasteiger partial charge on any atom is -0.397 e. The van der Waals surface area contributed by atoms with Gasteiger partial charge in [0.15, 0.2) is 0 Å². The number of hydrogen-bond donors (Lipinski definition) is 2. The monoisotopic (exact) mass is 256 g/mol. The predicted molar refractivity (Wildman–Crippen MR) is 70.2 cm³/mol. The van der Waals surface area contributed by atoms with Gasteiger partial charge in [-0.25, -0.2) is 4.98 Å². The van der Waals surface area contributed by atoms with Crippen LogP contribution in [-0.4, -0.2) is 31.5 Å². The molecule has 0 fully saturated rings. The van der Waals surface area contributed by atoms with Crippen molar-refractivity contribution >= 4 is 29.0 Å². The average molecular weight is 257 g/mol. The molecule has 6 heteroatoms. The van der Waals surface area contributed by atoms with E-state index in [1.165, 1.54) is 0 Å². The molecule has 0 aliphatic carbocycles. The van der Waals surface area contributed by atoms with Gasteiger partial charge in [-0.15, -0.1) is 0 Å². The number of amides is 1. The number of nitrogen functional groups attached to an aromatic ring is 1. The summed E-state index contributed by atoms with van der Waals surface area (Å²) < 4.78 is 0. The molecule has 0 saturated carbocycles. The first-order chi connectivity index (χ1) is 7.95. The van der Waals surface area contributed by atoms with Crippen molar-refractivity contribution in [2.45, 2.75) is 6.92 Å². The molecule has 0 aliphatic rings. The van der Waals surface area contributed by atoms with Gasteiger partial charge in [0.1, 0.15) is 5.82 Å². The number of carbonyl (C=O) groups is 1. The number of halogens is 1. The number of anilines is 2. The summed E-state index contributed by atoms with van der Waals surface area (Å²) in [7, 11) is 3.46. The topological polar surface area (TPSA) is 71.2 Å². The lowest BCUT2D eigenvalue weighted by atomic mass is 10.1. The molecule has 1 heterocycles. The van der Waals surface area contributed by atoms with Crippen LogP contribution in [0.2, 0.25) is 5.02 Å². The van der Waals surface area contributed by atoms with E-state index in [9.17, 15) is 4.79 Å². The van der Waals surface area contributed by atoms with Crippen LogP contribution >= 0.6 is 11.6 Å². The maximum absolute atomic E-state index is 11.4. The third-order valence-electron chi connectivity index (χ3n) is 2.45. The normalized spacial score (nSPS) is 12.0. The molecule has 1 rings (SSSR count). The highest BCUT2D eigenvalue weighted by atomic mass is 35.5. The highest BCUT2D eigenvalue weighted by molar-refractivity contribution is 6.33. The second-order valence-electron chi connectivity index (χ2n) is 3.97. The number of hydrogen-bond acceptors (Lipinski definition) is 4. The smallest absolute Gasteiger partial charge is 0.224 e. The van der Waals surface area contributed by atoms with Crippen molar-refractivity contribution in [3.63, 3.8) is 0 Å². The Bertz CT molecular complexity index is 410. The van der Waals surface area contributed by atoms with Gasteiger partial charge in [0.2, 0.25) is 5.91 Å². The Morgan fingerprint density at radius 3 is 2.88 bits per heavy atom. The van der Waals surface area contributed by atoms with Gasteiger partial charge in [-0.3, -0.25) is 4.79 Å². The van der Waals surface area contributed by atoms with E-state index in [4.69, 9.17) is 17.3 Å². The third kappa shape index (κ3) is 3.49. The number of pyridine rings is 1. The van der Waals surface area contributed by atoms with Gasteiger partial charge in [0.25, 0.3) is 0 Å². The van der Waals surface area contributed by atoms with E-state index in [-0.39, 0.29) is 11.8 Å². The second kappa shape index (κ2) is 5.72. The summed E-state index contributed by atoms with van der Waals surface area (Å²) in [6, 6.07) is 1.64. The van der Waals surface area contributed by atoms with Crippen molar-refractivity contribution in [3.8, 4) is 0 Å². The van der Waals surface area contributed by atoms with Crippen LogP contribution in [0.4, 0.5) is 11.5 Å². The van der Waals surface area contributed by atoms with Crippen LogP contribution in [-0.2, 0) is 4.79 Å². The van der Waals surface area contributed by atoms with E-state index in [0.717, 1.165) is 0 Å². The molecule has 1 aromatic heterocycles. The molecular formula is C11H17ClN4O. The SMILES string of the molecule is CNC(=O)C(C)CN(C)c1ncc(N)cc1Cl. The number of carbonyl (C=O) groups excluding carboxylic acids is 1. The highest BCUT2D eigenvalue weighted by Crippen LogP contribution is 2.24. The van der Waals surface area contributed by atoms with Gasteiger partial charge in [0.05, 0.1) is 22.8 Å². The van der Waals surface area contributed by atoms with Gasteiger partial charge in [-0.05, 0) is 6.07 Å². The fourth-order valence-corrected chi connectivity index (χ4v) is 1.87. The summed E-state index contributed by atoms with van der Waals surface area (Å²) in [6.45, 7) is 2.39. The standard InChI is InChI=1S/C11H17ClN4O/c1-7(11(17)14-2)6-16(3)10-9(12)4-8(13)5-15-10/h4-5,7H,6,13H2,1-3H3,(H,14,17). The van der Waals surface area contributed by atoms with E-state index in [1.54, 1.807) is 19.3 Å². The summed E-state index contributed by atoms with van der Waals surface area (Å²) in [6.07, 6.45) is 1.54. The van der Waals surface area contributed by atoms with Crippen LogP contribution in [0.3, 0.4) is 0 Å². The molecule has 0 aliphatic heterocycles. The Hall–Kier alpha value is -1.49. The Morgan fingerprint density at radius 1 is 1.71 bits per heavy atom. The molecule has 5 nitrogen and oxygen atoms in total. The van der Waals surface area contributed by atoms with Gasteiger partial charge in [-0.2, -0.15) is 0 Å². The molecule has 0 bridgehead atoms. The van der Waals surface area contributed by atoms with Crippen LogP contribution in [0.1, 0.15) is 6.92 Å². The molecule has 0 spiro atoms. The quantitative estimate of drug-likeness (QED) is 0.847. The molecule has 1 amide bonds. The Labute approximate surface area is 106 Å². The predicted octanol–water partition coefficient (Wildman–Crippen LogP) is 1.14. The summed E-state index contributed by atoms with van der Waals surface area (Å²) in [4.78, 5) is 17.4. The summed E-state index contributed by atoms with van der Waals surface area (Å²) in [5.41, 5.74) is 6.09. The lowest BCUT2D eigenvalue weighted by Gasteiger charge is -2.22. The molecular weight excluding hydrogens is 240 g/mol. The van der Waals surface area contributed by atoms with Gasteiger partial charge < -0.3 is 16.0 Å². The van der Waals surface area contributed by atoms with Gasteiger partial charge in [-0.1, -0.05) is 18.5 Å². The van der Waals surface area contributed by atoms with Crippen molar-refractivity contribution in [1.29, 1.82) is 0 Å². The molecule has 0 radical (unpaired) electrons. The van der Waals surface area contributed by atoms with Crippen LogP contribution in [0.15, 0.2) is 12.3 Å². The zero-order valence-corrected chi connectivity index (χ0v) is 11.0. The highest BCUT2D eigenvalue weighted by Gasteiger charge is 2.16. The van der Waals surface area contributed by atoms with Crippen LogP contribution in [0.25, 0.3) is 0 Å². The van der Waals surface area contributed by atoms with E-state index >= 15 is 0 Å². The third-order valence-corrected chi connectivity index (χ3v) is 2.72. The lowest BCUT2D eigenvalue weighted by Crippen LogP contribution is -2.34. The maximum atomic E-state index is 11.4. The van der Waals surface area contributed by atoms with Crippen molar-refractivity contribution in [2.24, 2.45) is 5.92 Å². The van der Waals surface area contributed by atoms with Gasteiger partial charge in [0, 0.05) is 20.6 Å². The lowest BCUT2D eigenvalue weighted by molar-refractivity contribution is -0.123. The number of nitrogens with two attached hydrogens (primary N) is 1. The molecule has 3 N–H and O–H groups in total. The van der Waals surface area contributed by atoms with Crippen molar-refractivity contribution in [3.05, 3.63) is 17.3 Å². The van der Waals surface area contributed by atoms with Crippen LogP contribution in [0, 0.1) is 5.92 Å². The number of rotatable bonds is 4. The van der Waals surface area contributed by atoms with Crippen molar-refractivity contribution in [2.75, 3.05) is 31.3 Å². The second-order valence-corrected chi connectivity index (χ2v) is 4.38. The fraction of sp³-hybridized carbons (Fsp3) is 0.455. The number of nitrogens with one attached hydrogen (secondary N) is 1. The van der Waals surface area contributed by atoms with E-state index in [2.05, 4.69) is 10.3 Å². The Balaban J connectivity index is 2.76. The molecule has 1 atom stereocenters. The van der Waals surface area contributed by atoms with E-state index in [1.807, 2.05) is 18.9 Å². The minimum absolute atomic E-state index is 0.0107. The first-order valence-electron chi connectivity index (χ1n) is 5.29. The zero-order chi connectivity index (χ0) is 13.0. The zero-order valence-electron chi connectivity index (χ0n) is 10.2.